The lowest BCUT2D eigenvalue weighted by molar-refractivity contribution is 0.469. The molecule has 5 aromatic rings. The Morgan fingerprint density at radius 3 is 0.975 bits per heavy atom. The van der Waals surface area contributed by atoms with E-state index in [0.717, 1.165) is 22.5 Å². The maximum Gasteiger partial charge on any atom is 0.129 e. The third-order valence-corrected chi connectivity index (χ3v) is 5.67. The average Bonchev–Trinajstić information content (AvgIpc) is 2.97. The van der Waals surface area contributed by atoms with Gasteiger partial charge in [-0.25, -0.2) is 0 Å². The van der Waals surface area contributed by atoms with E-state index >= 15 is 0 Å². The van der Waals surface area contributed by atoms with Crippen LogP contribution < -0.4 is 20.1 Å². The zero-order valence-electron chi connectivity index (χ0n) is 21.3. The molecule has 0 aromatic heterocycles. The van der Waals surface area contributed by atoms with Crippen molar-refractivity contribution in [3.8, 4) is 23.0 Å². The van der Waals surface area contributed by atoms with Gasteiger partial charge in [0, 0.05) is 22.5 Å². The lowest BCUT2D eigenvalue weighted by Crippen LogP contribution is -2.11. The summed E-state index contributed by atoms with van der Waals surface area (Å²) in [6.07, 6.45) is 0. The fraction of sp³-hybridized carbons (Fsp3) is 0. The molecular formula is C32H28Cl2N4O2. The standard InChI is InChI=1S/C32H26N4O2.2ClH/c33-31(23-7-3-1-4-8-23)35-25-11-15-27(16-12-25)37-29-19-21-30(22-20-29)38-28-17-13-26(14-18-28)36-32(34)24-9-5-2-6-10-24;;/h1-22H,(H2,33,35)(H2,34,36);2*1H. The molecule has 202 valence electrons. The highest BCUT2D eigenvalue weighted by Gasteiger charge is 2.05. The minimum absolute atomic E-state index is 0. The second-order valence-corrected chi connectivity index (χ2v) is 8.46. The largest absolute Gasteiger partial charge is 0.457 e. The molecule has 0 unspecified atom stereocenters. The average molecular weight is 572 g/mol. The predicted molar refractivity (Wildman–Crippen MR) is 168 cm³/mol. The van der Waals surface area contributed by atoms with Crippen LogP contribution in [0.25, 0.3) is 0 Å². The molecule has 0 amide bonds. The maximum absolute atomic E-state index is 8.20. The van der Waals surface area contributed by atoms with E-state index in [2.05, 4.69) is 10.6 Å². The maximum atomic E-state index is 8.20. The Morgan fingerprint density at radius 2 is 0.675 bits per heavy atom. The molecule has 40 heavy (non-hydrogen) atoms. The van der Waals surface area contributed by atoms with Gasteiger partial charge in [0.1, 0.15) is 34.7 Å². The topological polar surface area (TPSA) is 90.2 Å². The Hall–Kier alpha value is -4.78. The highest BCUT2D eigenvalue weighted by molar-refractivity contribution is 6.06. The van der Waals surface area contributed by atoms with Crippen LogP contribution in [0.1, 0.15) is 11.1 Å². The van der Waals surface area contributed by atoms with Crippen molar-refractivity contribution in [3.05, 3.63) is 145 Å². The predicted octanol–water partition coefficient (Wildman–Crippen LogP) is 8.99. The molecule has 5 aromatic carbocycles. The van der Waals surface area contributed by atoms with Crippen molar-refractivity contribution in [1.82, 2.24) is 0 Å². The molecule has 0 atom stereocenters. The second-order valence-electron chi connectivity index (χ2n) is 8.46. The minimum atomic E-state index is 0. The van der Waals surface area contributed by atoms with Crippen LogP contribution in [0, 0.1) is 10.8 Å². The quantitative estimate of drug-likeness (QED) is 0.111. The minimum Gasteiger partial charge on any atom is -0.457 e. The van der Waals surface area contributed by atoms with E-state index in [9.17, 15) is 0 Å². The van der Waals surface area contributed by atoms with Gasteiger partial charge < -0.3 is 20.1 Å². The van der Waals surface area contributed by atoms with Gasteiger partial charge in [-0.2, -0.15) is 0 Å². The van der Waals surface area contributed by atoms with Crippen LogP contribution in [0.2, 0.25) is 0 Å². The van der Waals surface area contributed by atoms with E-state index in [-0.39, 0.29) is 24.8 Å². The van der Waals surface area contributed by atoms with Gasteiger partial charge in [-0.05, 0) is 72.8 Å². The molecule has 4 N–H and O–H groups in total. The number of amidine groups is 2. The molecule has 0 bridgehead atoms. The molecular weight excluding hydrogens is 543 g/mol. The Labute approximate surface area is 245 Å². The summed E-state index contributed by atoms with van der Waals surface area (Å²) in [5.41, 5.74) is 3.28. The summed E-state index contributed by atoms with van der Waals surface area (Å²) < 4.78 is 11.9. The summed E-state index contributed by atoms with van der Waals surface area (Å²) in [5.74, 6) is 3.45. The first-order valence-electron chi connectivity index (χ1n) is 12.1. The molecule has 0 spiro atoms. The monoisotopic (exact) mass is 570 g/mol. The second kappa shape index (κ2) is 14.4. The fourth-order valence-corrected chi connectivity index (χ4v) is 3.70. The van der Waals surface area contributed by atoms with Crippen molar-refractivity contribution in [1.29, 1.82) is 10.8 Å². The highest BCUT2D eigenvalue weighted by atomic mass is 35.5. The van der Waals surface area contributed by atoms with Gasteiger partial charge in [-0.3, -0.25) is 10.8 Å². The first kappa shape index (κ1) is 29.8. The van der Waals surface area contributed by atoms with Crippen molar-refractivity contribution in [2.45, 2.75) is 0 Å². The van der Waals surface area contributed by atoms with E-state index in [1.54, 1.807) is 0 Å². The zero-order valence-corrected chi connectivity index (χ0v) is 23.0. The SMILES string of the molecule is Cl.Cl.N=C(Nc1ccc(Oc2ccc(Oc3ccc(NC(=N)c4ccccc4)cc3)cc2)cc1)c1ccccc1. The summed E-state index contributed by atoms with van der Waals surface area (Å²) in [5, 5.41) is 22.6. The Morgan fingerprint density at radius 1 is 0.400 bits per heavy atom. The number of ether oxygens (including phenoxy) is 2. The summed E-state index contributed by atoms with van der Waals surface area (Å²) in [7, 11) is 0. The molecule has 0 radical (unpaired) electrons. The van der Waals surface area contributed by atoms with Crippen LogP contribution in [-0.2, 0) is 0 Å². The molecule has 8 heteroatoms. The van der Waals surface area contributed by atoms with Crippen LogP contribution in [0.5, 0.6) is 23.0 Å². The third-order valence-electron chi connectivity index (χ3n) is 5.67. The molecule has 0 aliphatic carbocycles. The van der Waals surface area contributed by atoms with Crippen molar-refractivity contribution < 1.29 is 9.47 Å². The van der Waals surface area contributed by atoms with Gasteiger partial charge in [0.15, 0.2) is 0 Å². The normalized spacial score (nSPS) is 9.80. The summed E-state index contributed by atoms with van der Waals surface area (Å²) in [6.45, 7) is 0. The number of rotatable bonds is 8. The highest BCUT2D eigenvalue weighted by Crippen LogP contribution is 2.28. The van der Waals surface area contributed by atoms with Crippen molar-refractivity contribution in [2.24, 2.45) is 0 Å². The number of anilines is 2. The summed E-state index contributed by atoms with van der Waals surface area (Å²) >= 11 is 0. The van der Waals surface area contributed by atoms with Crippen molar-refractivity contribution >= 4 is 47.9 Å². The Bertz CT molecular complexity index is 1390. The molecule has 0 aliphatic rings. The number of benzene rings is 5. The van der Waals surface area contributed by atoms with Gasteiger partial charge in [0.05, 0.1) is 0 Å². The zero-order chi connectivity index (χ0) is 26.2. The van der Waals surface area contributed by atoms with Gasteiger partial charge in [0.25, 0.3) is 0 Å². The Balaban J connectivity index is 0.00000220. The van der Waals surface area contributed by atoms with Gasteiger partial charge in [-0.15, -0.1) is 24.8 Å². The molecule has 0 fully saturated rings. The van der Waals surface area contributed by atoms with E-state index in [1.165, 1.54) is 0 Å². The van der Waals surface area contributed by atoms with Crippen LogP contribution >= 0.6 is 24.8 Å². The first-order chi connectivity index (χ1) is 18.6. The number of nitrogens with one attached hydrogen (secondary N) is 4. The first-order valence-corrected chi connectivity index (χ1v) is 12.1. The van der Waals surface area contributed by atoms with Gasteiger partial charge >= 0.3 is 0 Å². The van der Waals surface area contributed by atoms with Crippen LogP contribution in [-0.4, -0.2) is 11.7 Å². The van der Waals surface area contributed by atoms with Gasteiger partial charge in [0.2, 0.25) is 0 Å². The smallest absolute Gasteiger partial charge is 0.129 e. The number of halogens is 2. The van der Waals surface area contributed by atoms with E-state index in [1.807, 2.05) is 133 Å². The summed E-state index contributed by atoms with van der Waals surface area (Å²) in [6, 6.07) is 41.4. The lowest BCUT2D eigenvalue weighted by Gasteiger charge is -2.11. The molecule has 6 nitrogen and oxygen atoms in total. The van der Waals surface area contributed by atoms with Crippen molar-refractivity contribution in [3.63, 3.8) is 0 Å². The van der Waals surface area contributed by atoms with Gasteiger partial charge in [-0.1, -0.05) is 60.7 Å². The van der Waals surface area contributed by atoms with Crippen LogP contribution in [0.4, 0.5) is 11.4 Å². The Kier molecular flexibility index (Phi) is 10.7. The third kappa shape index (κ3) is 8.11. The van der Waals surface area contributed by atoms with E-state index < -0.39 is 0 Å². The van der Waals surface area contributed by atoms with Crippen LogP contribution in [0.15, 0.2) is 133 Å². The van der Waals surface area contributed by atoms with Crippen molar-refractivity contribution in [2.75, 3.05) is 10.6 Å². The molecule has 0 aliphatic heterocycles. The summed E-state index contributed by atoms with van der Waals surface area (Å²) in [4.78, 5) is 0. The molecule has 5 rings (SSSR count). The molecule has 0 saturated carbocycles. The van der Waals surface area contributed by atoms with E-state index in [4.69, 9.17) is 20.3 Å². The molecule has 0 heterocycles. The fourth-order valence-electron chi connectivity index (χ4n) is 3.70. The lowest BCUT2D eigenvalue weighted by atomic mass is 10.2. The van der Waals surface area contributed by atoms with E-state index in [0.29, 0.717) is 34.7 Å². The number of hydrogen-bond donors (Lipinski definition) is 4. The number of hydrogen-bond acceptors (Lipinski definition) is 4. The van der Waals surface area contributed by atoms with Crippen LogP contribution in [0.3, 0.4) is 0 Å². The molecule has 0 saturated heterocycles.